The number of anilines is 1. The maximum Gasteiger partial charge on any atom is 0.324 e. The van der Waals surface area contributed by atoms with Gasteiger partial charge in [0.05, 0.1) is 16.9 Å². The molecule has 0 saturated heterocycles. The Morgan fingerprint density at radius 2 is 1.91 bits per heavy atom. The molecule has 0 bridgehead atoms. The van der Waals surface area contributed by atoms with Gasteiger partial charge >= 0.3 is 5.97 Å². The number of esters is 1. The van der Waals surface area contributed by atoms with Gasteiger partial charge in [0.1, 0.15) is 11.8 Å². The van der Waals surface area contributed by atoms with Crippen LogP contribution in [-0.2, 0) is 30.8 Å². The van der Waals surface area contributed by atoms with E-state index in [1.807, 2.05) is 0 Å². The summed E-state index contributed by atoms with van der Waals surface area (Å²) in [6.45, 7) is 1.09. The number of nitro groups is 1. The Kier molecular flexibility index (Phi) is 7.29. The Morgan fingerprint density at radius 3 is 2.55 bits per heavy atom. The number of nitro benzene ring substituents is 1. The molecule has 3 rings (SSSR count). The normalized spacial score (nSPS) is 14.2. The Balaban J connectivity index is 1.60. The average Bonchev–Trinajstić information content (AvgIpc) is 2.81. The molecule has 1 N–H and O–H groups in total. The monoisotopic (exact) mass is 477 g/mol. The van der Waals surface area contributed by atoms with Gasteiger partial charge in [0, 0.05) is 24.4 Å². The molecule has 2 aromatic carbocycles. The molecule has 176 valence electrons. The van der Waals surface area contributed by atoms with E-state index in [1.54, 1.807) is 0 Å². The summed E-state index contributed by atoms with van der Waals surface area (Å²) in [6, 6.07) is 8.62. The van der Waals surface area contributed by atoms with Crippen LogP contribution in [0, 0.1) is 10.1 Å². The fourth-order valence-corrected chi connectivity index (χ4v) is 4.59. The number of benzene rings is 2. The molecule has 0 saturated carbocycles. The highest BCUT2D eigenvalue weighted by Crippen LogP contribution is 2.30. The molecule has 1 aliphatic rings. The fraction of sp³-hybridized carbons (Fsp3) is 0.333. The lowest BCUT2D eigenvalue weighted by molar-refractivity contribution is -0.384. The highest BCUT2D eigenvalue weighted by molar-refractivity contribution is 7.89. The Labute approximate surface area is 190 Å². The highest BCUT2D eigenvalue weighted by Gasteiger charge is 2.27. The molecule has 12 heteroatoms. The second-order valence-electron chi connectivity index (χ2n) is 7.35. The van der Waals surface area contributed by atoms with Crippen LogP contribution in [0.2, 0.25) is 0 Å². The molecule has 0 spiro atoms. The van der Waals surface area contributed by atoms with E-state index in [-0.39, 0.29) is 10.6 Å². The first-order chi connectivity index (χ1) is 15.6. The van der Waals surface area contributed by atoms with Gasteiger partial charge < -0.3 is 14.4 Å². The minimum atomic E-state index is -4.00. The van der Waals surface area contributed by atoms with Crippen molar-refractivity contribution in [1.82, 2.24) is 4.72 Å². The zero-order valence-electron chi connectivity index (χ0n) is 18.0. The molecule has 1 heterocycles. The van der Waals surface area contributed by atoms with Crippen LogP contribution in [-0.4, -0.2) is 51.5 Å². The zero-order valence-corrected chi connectivity index (χ0v) is 18.8. The van der Waals surface area contributed by atoms with Crippen LogP contribution in [0.4, 0.5) is 11.4 Å². The summed E-state index contributed by atoms with van der Waals surface area (Å²) in [4.78, 5) is 36.7. The van der Waals surface area contributed by atoms with Gasteiger partial charge in [-0.15, -0.1) is 0 Å². The molecular formula is C21H23N3O8S. The molecule has 0 unspecified atom stereocenters. The van der Waals surface area contributed by atoms with Crippen LogP contribution in [0.3, 0.4) is 0 Å². The summed E-state index contributed by atoms with van der Waals surface area (Å²) < 4.78 is 37.2. The Hall–Kier alpha value is -3.51. The fourth-order valence-electron chi connectivity index (χ4n) is 3.40. The number of amides is 1. The van der Waals surface area contributed by atoms with Gasteiger partial charge in [-0.25, -0.2) is 8.42 Å². The van der Waals surface area contributed by atoms with Gasteiger partial charge in [0.2, 0.25) is 10.0 Å². The highest BCUT2D eigenvalue weighted by atomic mass is 32.2. The molecule has 0 fully saturated rings. The number of sulfonamides is 1. The third-order valence-electron chi connectivity index (χ3n) is 5.09. The van der Waals surface area contributed by atoms with Gasteiger partial charge in [-0.1, -0.05) is 0 Å². The van der Waals surface area contributed by atoms with Crippen LogP contribution in [0.1, 0.15) is 18.9 Å². The topological polar surface area (TPSA) is 145 Å². The second-order valence-corrected chi connectivity index (χ2v) is 9.06. The number of ether oxygens (including phenoxy) is 2. The summed E-state index contributed by atoms with van der Waals surface area (Å²) in [5, 5.41) is 11.0. The number of nitrogens with one attached hydrogen (secondary N) is 1. The predicted octanol–water partition coefficient (Wildman–Crippen LogP) is 1.79. The van der Waals surface area contributed by atoms with Crippen LogP contribution in [0.25, 0.3) is 0 Å². The molecule has 1 atom stereocenters. The standard InChI is InChI=1S/C21H23N3O8S/c1-14(22-33(29,30)18-8-6-17(31-2)7-9-18)21(26)32-13-20(25)23-11-3-4-15-12-16(24(27)28)5-10-19(15)23/h5-10,12,14,22H,3-4,11,13H2,1-2H3/t14-/m0/s1. The minimum absolute atomic E-state index is 0.0574. The molecule has 2 aromatic rings. The van der Waals surface area contributed by atoms with E-state index in [4.69, 9.17) is 9.47 Å². The molecule has 0 aromatic heterocycles. The Bertz CT molecular complexity index is 1160. The van der Waals surface area contributed by atoms with Crippen molar-refractivity contribution in [2.75, 3.05) is 25.2 Å². The smallest absolute Gasteiger partial charge is 0.324 e. The van der Waals surface area contributed by atoms with Crippen molar-refractivity contribution in [2.45, 2.75) is 30.7 Å². The van der Waals surface area contributed by atoms with E-state index in [2.05, 4.69) is 4.72 Å². The number of hydrogen-bond acceptors (Lipinski definition) is 8. The number of rotatable bonds is 8. The summed E-state index contributed by atoms with van der Waals surface area (Å²) in [5.74, 6) is -0.946. The van der Waals surface area contributed by atoms with E-state index in [0.29, 0.717) is 36.4 Å². The molecule has 1 amide bonds. The van der Waals surface area contributed by atoms with Gasteiger partial charge in [-0.3, -0.25) is 19.7 Å². The molecule has 0 aliphatic carbocycles. The van der Waals surface area contributed by atoms with Gasteiger partial charge in [-0.2, -0.15) is 4.72 Å². The first-order valence-corrected chi connectivity index (χ1v) is 11.5. The largest absolute Gasteiger partial charge is 0.497 e. The number of hydrogen-bond donors (Lipinski definition) is 1. The van der Waals surface area contributed by atoms with Crippen LogP contribution in [0.5, 0.6) is 5.75 Å². The van der Waals surface area contributed by atoms with Crippen molar-refractivity contribution in [3.8, 4) is 5.75 Å². The van der Waals surface area contributed by atoms with Crippen molar-refractivity contribution in [3.05, 3.63) is 58.1 Å². The quantitative estimate of drug-likeness (QED) is 0.344. The number of aryl methyl sites for hydroxylation is 1. The van der Waals surface area contributed by atoms with E-state index in [1.165, 1.54) is 61.4 Å². The van der Waals surface area contributed by atoms with E-state index in [0.717, 1.165) is 0 Å². The Morgan fingerprint density at radius 1 is 1.21 bits per heavy atom. The number of fused-ring (bicyclic) bond motifs is 1. The van der Waals surface area contributed by atoms with E-state index >= 15 is 0 Å². The van der Waals surface area contributed by atoms with Gasteiger partial charge in [0.25, 0.3) is 11.6 Å². The SMILES string of the molecule is COc1ccc(S(=O)(=O)N[C@@H](C)C(=O)OCC(=O)N2CCCc3cc([N+](=O)[O-])ccc32)cc1. The number of carbonyl (C=O) groups is 2. The summed E-state index contributed by atoms with van der Waals surface area (Å²) in [6.07, 6.45) is 1.19. The molecule has 11 nitrogen and oxygen atoms in total. The molecule has 1 aliphatic heterocycles. The average molecular weight is 477 g/mol. The van der Waals surface area contributed by atoms with Gasteiger partial charge in [-0.05, 0) is 55.7 Å². The van der Waals surface area contributed by atoms with Crippen LogP contribution < -0.4 is 14.4 Å². The van der Waals surface area contributed by atoms with Crippen molar-refractivity contribution >= 4 is 33.3 Å². The number of methoxy groups -OCH3 is 1. The van der Waals surface area contributed by atoms with Crippen LogP contribution >= 0.6 is 0 Å². The maximum atomic E-state index is 12.6. The van der Waals surface area contributed by atoms with E-state index in [9.17, 15) is 28.1 Å². The third kappa shape index (κ3) is 5.65. The summed E-state index contributed by atoms with van der Waals surface area (Å²) in [7, 11) is -2.54. The third-order valence-corrected chi connectivity index (χ3v) is 6.64. The van der Waals surface area contributed by atoms with Crippen molar-refractivity contribution in [2.24, 2.45) is 0 Å². The van der Waals surface area contributed by atoms with Crippen LogP contribution in [0.15, 0.2) is 47.4 Å². The predicted molar refractivity (Wildman–Crippen MR) is 118 cm³/mol. The lowest BCUT2D eigenvalue weighted by Gasteiger charge is -2.29. The first kappa shape index (κ1) is 24.1. The van der Waals surface area contributed by atoms with E-state index < -0.39 is 39.5 Å². The van der Waals surface area contributed by atoms with Crippen molar-refractivity contribution in [3.63, 3.8) is 0 Å². The summed E-state index contributed by atoms with van der Waals surface area (Å²) in [5.41, 5.74) is 1.13. The first-order valence-electron chi connectivity index (χ1n) is 10.0. The lowest BCUT2D eigenvalue weighted by Crippen LogP contribution is -2.42. The summed E-state index contributed by atoms with van der Waals surface area (Å²) >= 11 is 0. The zero-order chi connectivity index (χ0) is 24.2. The number of non-ortho nitro benzene ring substituents is 1. The molecular weight excluding hydrogens is 454 g/mol. The molecule has 33 heavy (non-hydrogen) atoms. The minimum Gasteiger partial charge on any atom is -0.497 e. The maximum absolute atomic E-state index is 12.6. The number of nitrogens with zero attached hydrogens (tertiary/aromatic N) is 2. The molecule has 0 radical (unpaired) electrons. The second kappa shape index (κ2) is 9.96. The lowest BCUT2D eigenvalue weighted by atomic mass is 10.0. The van der Waals surface area contributed by atoms with Crippen molar-refractivity contribution < 1.29 is 32.4 Å². The number of carbonyl (C=O) groups excluding carboxylic acids is 2. The van der Waals surface area contributed by atoms with Crippen molar-refractivity contribution in [1.29, 1.82) is 0 Å². The van der Waals surface area contributed by atoms with Gasteiger partial charge in [0.15, 0.2) is 6.61 Å².